The lowest BCUT2D eigenvalue weighted by Gasteiger charge is -2.26. The molecular weight excluding hydrogens is 374 g/mol. The van der Waals surface area contributed by atoms with E-state index < -0.39 is 10.0 Å². The maximum absolute atomic E-state index is 12.8. The number of sulfonamides is 1. The highest BCUT2D eigenvalue weighted by atomic mass is 32.2. The fourth-order valence-corrected chi connectivity index (χ4v) is 6.36. The zero-order valence-corrected chi connectivity index (χ0v) is 17.6. The molecule has 1 aromatic rings. The van der Waals surface area contributed by atoms with Crippen molar-refractivity contribution in [1.82, 2.24) is 10.6 Å². The van der Waals surface area contributed by atoms with Crippen LogP contribution in [0.5, 0.6) is 0 Å². The number of hydrogen-bond acceptors (Lipinski definition) is 4. The predicted octanol–water partition coefficient (Wildman–Crippen LogP) is 2.37. The van der Waals surface area contributed by atoms with Gasteiger partial charge in [-0.2, -0.15) is 0 Å². The van der Waals surface area contributed by atoms with E-state index in [-0.39, 0.29) is 16.7 Å². The Hall–Kier alpha value is -1.60. The molecule has 28 heavy (non-hydrogen) atoms. The number of carbonyl (C=O) groups excluding carboxylic acids is 1. The van der Waals surface area contributed by atoms with E-state index in [1.165, 1.54) is 19.3 Å². The normalized spacial score (nSPS) is 32.6. The molecule has 154 valence electrons. The second-order valence-electron chi connectivity index (χ2n) is 9.08. The summed E-state index contributed by atoms with van der Waals surface area (Å²) in [5, 5.41) is 6.73. The van der Waals surface area contributed by atoms with Crippen molar-refractivity contribution in [3.63, 3.8) is 0 Å². The Balaban J connectivity index is 1.51. The molecule has 1 amide bonds. The molecule has 1 heterocycles. The number of carbonyl (C=O) groups is 1. The van der Waals surface area contributed by atoms with Gasteiger partial charge < -0.3 is 10.6 Å². The summed E-state index contributed by atoms with van der Waals surface area (Å²) in [4.78, 5) is 12.8. The molecule has 0 aromatic heterocycles. The Kier molecular flexibility index (Phi) is 4.94. The zero-order valence-electron chi connectivity index (χ0n) is 16.8. The molecule has 3 atom stereocenters. The SMILES string of the molecule is CC1(c2cccc(NS(C)(=O)=O)c2)C2CNCC21CC(=O)NC1CCCCC1. The van der Waals surface area contributed by atoms with E-state index in [1.807, 2.05) is 12.1 Å². The van der Waals surface area contributed by atoms with Crippen LogP contribution in [0, 0.1) is 11.3 Å². The van der Waals surface area contributed by atoms with Crippen molar-refractivity contribution in [2.24, 2.45) is 11.3 Å². The van der Waals surface area contributed by atoms with Crippen molar-refractivity contribution in [2.45, 2.75) is 56.9 Å². The lowest BCUT2D eigenvalue weighted by molar-refractivity contribution is -0.123. The van der Waals surface area contributed by atoms with E-state index in [2.05, 4.69) is 28.3 Å². The average molecular weight is 406 g/mol. The maximum atomic E-state index is 12.8. The second kappa shape index (κ2) is 7.02. The summed E-state index contributed by atoms with van der Waals surface area (Å²) in [5.74, 6) is 0.556. The summed E-state index contributed by atoms with van der Waals surface area (Å²) in [6, 6.07) is 7.99. The number of piperidine rings is 1. The van der Waals surface area contributed by atoms with Gasteiger partial charge in [0.1, 0.15) is 0 Å². The molecule has 2 saturated carbocycles. The van der Waals surface area contributed by atoms with Gasteiger partial charge in [-0.25, -0.2) is 8.42 Å². The van der Waals surface area contributed by atoms with Crippen LogP contribution in [-0.4, -0.2) is 39.7 Å². The summed E-state index contributed by atoms with van der Waals surface area (Å²) in [7, 11) is -3.31. The molecule has 3 unspecified atom stereocenters. The van der Waals surface area contributed by atoms with Crippen molar-refractivity contribution < 1.29 is 13.2 Å². The van der Waals surface area contributed by atoms with Gasteiger partial charge in [0.2, 0.25) is 15.9 Å². The van der Waals surface area contributed by atoms with Crippen LogP contribution in [0.25, 0.3) is 0 Å². The van der Waals surface area contributed by atoms with E-state index >= 15 is 0 Å². The van der Waals surface area contributed by atoms with Gasteiger partial charge in [-0.1, -0.05) is 38.3 Å². The first-order valence-electron chi connectivity index (χ1n) is 10.3. The predicted molar refractivity (Wildman–Crippen MR) is 111 cm³/mol. The Labute approximate surface area is 167 Å². The van der Waals surface area contributed by atoms with Gasteiger partial charge in [-0.3, -0.25) is 9.52 Å². The second-order valence-corrected chi connectivity index (χ2v) is 10.8. The van der Waals surface area contributed by atoms with Gasteiger partial charge in [0.15, 0.2) is 0 Å². The van der Waals surface area contributed by atoms with Crippen LogP contribution in [0.4, 0.5) is 5.69 Å². The first-order valence-corrected chi connectivity index (χ1v) is 12.2. The van der Waals surface area contributed by atoms with Crippen molar-refractivity contribution >= 4 is 21.6 Å². The van der Waals surface area contributed by atoms with Crippen LogP contribution in [-0.2, 0) is 20.2 Å². The van der Waals surface area contributed by atoms with E-state index in [0.29, 0.717) is 24.1 Å². The largest absolute Gasteiger partial charge is 0.353 e. The highest BCUT2D eigenvalue weighted by molar-refractivity contribution is 7.92. The van der Waals surface area contributed by atoms with Gasteiger partial charge in [0.05, 0.1) is 6.26 Å². The zero-order chi connectivity index (χ0) is 20.0. The number of rotatable bonds is 6. The highest BCUT2D eigenvalue weighted by Crippen LogP contribution is 2.72. The lowest BCUT2D eigenvalue weighted by Crippen LogP contribution is -2.39. The fourth-order valence-electron chi connectivity index (χ4n) is 5.81. The highest BCUT2D eigenvalue weighted by Gasteiger charge is 2.76. The van der Waals surface area contributed by atoms with E-state index in [9.17, 15) is 13.2 Å². The number of fused-ring (bicyclic) bond motifs is 1. The average Bonchev–Trinajstić information content (AvgIpc) is 2.91. The van der Waals surface area contributed by atoms with Gasteiger partial charge >= 0.3 is 0 Å². The summed E-state index contributed by atoms with van der Waals surface area (Å²) in [6.07, 6.45) is 7.57. The molecule has 6 nitrogen and oxygen atoms in total. The molecule has 4 rings (SSSR count). The molecule has 7 heteroatoms. The van der Waals surface area contributed by atoms with E-state index in [1.54, 1.807) is 6.07 Å². The molecule has 1 aliphatic heterocycles. The third-order valence-electron chi connectivity index (χ3n) is 7.32. The minimum Gasteiger partial charge on any atom is -0.353 e. The quantitative estimate of drug-likeness (QED) is 0.678. The van der Waals surface area contributed by atoms with Crippen LogP contribution in [0.3, 0.4) is 0 Å². The molecule has 3 fully saturated rings. The van der Waals surface area contributed by atoms with Crippen LogP contribution in [0.2, 0.25) is 0 Å². The van der Waals surface area contributed by atoms with Gasteiger partial charge in [-0.15, -0.1) is 0 Å². The molecular formula is C21H31N3O3S. The third-order valence-corrected chi connectivity index (χ3v) is 7.92. The minimum absolute atomic E-state index is 0.0878. The third kappa shape index (κ3) is 3.43. The molecule has 3 N–H and O–H groups in total. The summed E-state index contributed by atoms with van der Waals surface area (Å²) < 4.78 is 25.8. The fraction of sp³-hybridized carbons (Fsp3) is 0.667. The van der Waals surface area contributed by atoms with Gasteiger partial charge in [0, 0.05) is 35.5 Å². The van der Waals surface area contributed by atoms with Crippen molar-refractivity contribution in [3.05, 3.63) is 29.8 Å². The molecule has 0 bridgehead atoms. The Morgan fingerprint density at radius 3 is 2.71 bits per heavy atom. The molecule has 2 aliphatic carbocycles. The molecule has 3 aliphatic rings. The first kappa shape index (κ1) is 19.7. The topological polar surface area (TPSA) is 87.3 Å². The van der Waals surface area contributed by atoms with Crippen molar-refractivity contribution in [3.8, 4) is 0 Å². The number of nitrogens with one attached hydrogen (secondary N) is 3. The van der Waals surface area contributed by atoms with Crippen LogP contribution >= 0.6 is 0 Å². The Morgan fingerprint density at radius 2 is 2.00 bits per heavy atom. The minimum atomic E-state index is -3.31. The lowest BCUT2D eigenvalue weighted by atomic mass is 9.84. The van der Waals surface area contributed by atoms with Crippen molar-refractivity contribution in [1.29, 1.82) is 0 Å². The molecule has 1 aromatic carbocycles. The summed E-state index contributed by atoms with van der Waals surface area (Å²) >= 11 is 0. The Morgan fingerprint density at radius 1 is 1.25 bits per heavy atom. The van der Waals surface area contributed by atoms with Crippen molar-refractivity contribution in [2.75, 3.05) is 24.1 Å². The van der Waals surface area contributed by atoms with Gasteiger partial charge in [-0.05, 0) is 43.0 Å². The summed E-state index contributed by atoms with van der Waals surface area (Å²) in [5.41, 5.74) is 1.49. The molecule has 1 saturated heterocycles. The number of benzene rings is 1. The smallest absolute Gasteiger partial charge is 0.229 e. The maximum Gasteiger partial charge on any atom is 0.229 e. The monoisotopic (exact) mass is 405 g/mol. The Bertz CT molecular complexity index is 865. The van der Waals surface area contributed by atoms with Crippen LogP contribution < -0.4 is 15.4 Å². The number of hydrogen-bond donors (Lipinski definition) is 3. The van der Waals surface area contributed by atoms with E-state index in [0.717, 1.165) is 37.8 Å². The van der Waals surface area contributed by atoms with Crippen LogP contribution in [0.15, 0.2) is 24.3 Å². The number of amides is 1. The first-order chi connectivity index (χ1) is 13.2. The molecule has 0 radical (unpaired) electrons. The van der Waals surface area contributed by atoms with Gasteiger partial charge in [0.25, 0.3) is 0 Å². The van der Waals surface area contributed by atoms with E-state index in [4.69, 9.17) is 0 Å². The summed E-state index contributed by atoms with van der Waals surface area (Å²) in [6.45, 7) is 3.96. The number of anilines is 1. The molecule has 0 spiro atoms. The standard InChI is InChI=1S/C21H31N3O3S/c1-20(15-7-6-10-17(11-15)24-28(2,26)27)18-13-22-14-21(18,20)12-19(25)23-16-8-4-3-5-9-16/h6-7,10-11,16,18,22,24H,3-5,8-9,12-14H2,1-2H3,(H,23,25). The van der Waals surface area contributed by atoms with Crippen LogP contribution in [0.1, 0.15) is 51.0 Å².